The van der Waals surface area contributed by atoms with Crippen LogP contribution in [-0.2, 0) is 9.84 Å². The van der Waals surface area contributed by atoms with Gasteiger partial charge in [0.15, 0.2) is 9.84 Å². The molecule has 1 aromatic carbocycles. The van der Waals surface area contributed by atoms with Crippen LogP contribution in [0.2, 0.25) is 0 Å². The lowest BCUT2D eigenvalue weighted by Crippen LogP contribution is -2.08. The molecule has 0 saturated carbocycles. The van der Waals surface area contributed by atoms with Crippen LogP contribution >= 0.6 is 0 Å². The zero-order valence-corrected chi connectivity index (χ0v) is 9.42. The van der Waals surface area contributed by atoms with E-state index >= 15 is 0 Å². The third kappa shape index (κ3) is 3.14. The van der Waals surface area contributed by atoms with Crippen molar-refractivity contribution in [3.63, 3.8) is 0 Å². The Hall–Kier alpha value is -0.830. The van der Waals surface area contributed by atoms with Crippen LogP contribution in [0.1, 0.15) is 20.3 Å². The molecule has 1 aromatic rings. The topological polar surface area (TPSA) is 34.1 Å². The van der Waals surface area contributed by atoms with Crippen molar-refractivity contribution in [2.75, 3.05) is 5.75 Å². The Morgan fingerprint density at radius 2 is 1.71 bits per heavy atom. The molecule has 1 rings (SSSR count). The molecule has 0 bridgehead atoms. The summed E-state index contributed by atoms with van der Waals surface area (Å²) < 4.78 is 23.5. The molecule has 0 amide bonds. The lowest BCUT2D eigenvalue weighted by Gasteiger charge is -2.05. The van der Waals surface area contributed by atoms with Gasteiger partial charge in [-0.3, -0.25) is 0 Å². The van der Waals surface area contributed by atoms with Gasteiger partial charge in [0.25, 0.3) is 0 Å². The summed E-state index contributed by atoms with van der Waals surface area (Å²) in [7, 11) is -3.06. The molecule has 0 fully saturated rings. The maximum atomic E-state index is 11.7. The predicted octanol–water partition coefficient (Wildman–Crippen LogP) is 2.51. The Morgan fingerprint density at radius 3 is 2.21 bits per heavy atom. The van der Waals surface area contributed by atoms with E-state index in [1.807, 2.05) is 19.9 Å². The number of rotatable bonds is 4. The number of hydrogen-bond donors (Lipinski definition) is 0. The van der Waals surface area contributed by atoms with Crippen LogP contribution in [0, 0.1) is 5.92 Å². The van der Waals surface area contributed by atoms with E-state index < -0.39 is 9.84 Å². The van der Waals surface area contributed by atoms with Gasteiger partial charge in [-0.2, -0.15) is 0 Å². The molecular weight excluding hydrogens is 196 g/mol. The molecule has 0 heterocycles. The Labute approximate surface area is 85.9 Å². The second kappa shape index (κ2) is 4.60. The molecule has 14 heavy (non-hydrogen) atoms. The molecule has 78 valence electrons. The highest BCUT2D eigenvalue weighted by Gasteiger charge is 2.13. The monoisotopic (exact) mass is 212 g/mol. The van der Waals surface area contributed by atoms with E-state index in [0.717, 1.165) is 6.42 Å². The zero-order valence-electron chi connectivity index (χ0n) is 8.60. The molecule has 3 heteroatoms. The van der Waals surface area contributed by atoms with Gasteiger partial charge in [-0.1, -0.05) is 32.0 Å². The summed E-state index contributed by atoms with van der Waals surface area (Å²) in [6.07, 6.45) is 0.719. The Kier molecular flexibility index (Phi) is 3.69. The van der Waals surface area contributed by atoms with Crippen molar-refractivity contribution < 1.29 is 8.42 Å². The second-order valence-electron chi connectivity index (χ2n) is 3.81. The fourth-order valence-electron chi connectivity index (χ4n) is 1.14. The maximum absolute atomic E-state index is 11.7. The van der Waals surface area contributed by atoms with Crippen molar-refractivity contribution in [3.05, 3.63) is 30.3 Å². The summed E-state index contributed by atoms with van der Waals surface area (Å²) in [5.74, 6) is 0.669. The van der Waals surface area contributed by atoms with Gasteiger partial charge in [0, 0.05) is 0 Å². The van der Waals surface area contributed by atoms with Crippen molar-refractivity contribution in [3.8, 4) is 0 Å². The van der Waals surface area contributed by atoms with E-state index in [1.165, 1.54) is 0 Å². The third-order valence-electron chi connectivity index (χ3n) is 2.07. The maximum Gasteiger partial charge on any atom is 0.178 e. The van der Waals surface area contributed by atoms with Gasteiger partial charge >= 0.3 is 0 Å². The summed E-state index contributed by atoms with van der Waals surface area (Å²) in [5.41, 5.74) is 0. The molecule has 0 spiro atoms. The minimum Gasteiger partial charge on any atom is -0.224 e. The molecule has 0 atom stereocenters. The molecule has 0 aliphatic heterocycles. The SMILES string of the molecule is CC(C)CCS(=O)(=O)c1ccccc1. The van der Waals surface area contributed by atoms with E-state index in [4.69, 9.17) is 0 Å². The van der Waals surface area contributed by atoms with Gasteiger partial charge in [-0.15, -0.1) is 0 Å². The second-order valence-corrected chi connectivity index (χ2v) is 5.92. The first-order chi connectivity index (χ1) is 6.52. The van der Waals surface area contributed by atoms with Crippen LogP contribution in [0.5, 0.6) is 0 Å². The first-order valence-electron chi connectivity index (χ1n) is 4.80. The minimum absolute atomic E-state index is 0.245. The van der Waals surface area contributed by atoms with Crippen molar-refractivity contribution in [1.29, 1.82) is 0 Å². The quantitative estimate of drug-likeness (QED) is 0.768. The number of sulfone groups is 1. The molecule has 0 aliphatic carbocycles. The van der Waals surface area contributed by atoms with E-state index in [-0.39, 0.29) is 5.75 Å². The Balaban J connectivity index is 2.77. The van der Waals surface area contributed by atoms with Crippen molar-refractivity contribution in [1.82, 2.24) is 0 Å². The molecule has 0 saturated heterocycles. The lowest BCUT2D eigenvalue weighted by atomic mass is 10.2. The normalized spacial score (nSPS) is 11.9. The highest BCUT2D eigenvalue weighted by atomic mass is 32.2. The summed E-state index contributed by atoms with van der Waals surface area (Å²) >= 11 is 0. The van der Waals surface area contributed by atoms with Gasteiger partial charge < -0.3 is 0 Å². The van der Waals surface area contributed by atoms with Crippen LogP contribution < -0.4 is 0 Å². The van der Waals surface area contributed by atoms with Gasteiger partial charge in [0.05, 0.1) is 10.6 Å². The molecule has 0 aromatic heterocycles. The highest BCUT2D eigenvalue weighted by molar-refractivity contribution is 7.91. The third-order valence-corrected chi connectivity index (χ3v) is 3.83. The van der Waals surface area contributed by atoms with Crippen LogP contribution in [0.15, 0.2) is 35.2 Å². The van der Waals surface area contributed by atoms with Crippen LogP contribution in [0.3, 0.4) is 0 Å². The minimum atomic E-state index is -3.06. The molecule has 0 N–H and O–H groups in total. The number of hydrogen-bond acceptors (Lipinski definition) is 2. The average molecular weight is 212 g/mol. The standard InChI is InChI=1S/C11H16O2S/c1-10(2)8-9-14(12,13)11-6-4-3-5-7-11/h3-7,10H,8-9H2,1-2H3. The van der Waals surface area contributed by atoms with Crippen molar-refractivity contribution in [2.24, 2.45) is 5.92 Å². The van der Waals surface area contributed by atoms with Crippen LogP contribution in [-0.4, -0.2) is 14.2 Å². The summed E-state index contributed by atoms with van der Waals surface area (Å²) in [6, 6.07) is 8.62. The van der Waals surface area contributed by atoms with E-state index in [0.29, 0.717) is 10.8 Å². The Morgan fingerprint density at radius 1 is 1.14 bits per heavy atom. The van der Waals surface area contributed by atoms with Crippen LogP contribution in [0.4, 0.5) is 0 Å². The van der Waals surface area contributed by atoms with Crippen LogP contribution in [0.25, 0.3) is 0 Å². The largest absolute Gasteiger partial charge is 0.224 e. The molecule has 2 nitrogen and oxygen atoms in total. The molecule has 0 aliphatic rings. The van der Waals surface area contributed by atoms with Crippen molar-refractivity contribution >= 4 is 9.84 Å². The first-order valence-corrected chi connectivity index (χ1v) is 6.45. The average Bonchev–Trinajstić information content (AvgIpc) is 2.16. The zero-order chi connectivity index (χ0) is 10.6. The van der Waals surface area contributed by atoms with Gasteiger partial charge in [-0.25, -0.2) is 8.42 Å². The fraction of sp³-hybridized carbons (Fsp3) is 0.455. The lowest BCUT2D eigenvalue weighted by molar-refractivity contribution is 0.573. The molecule has 0 radical (unpaired) electrons. The van der Waals surface area contributed by atoms with E-state index in [2.05, 4.69) is 0 Å². The molecule has 0 unspecified atom stereocenters. The number of benzene rings is 1. The van der Waals surface area contributed by atoms with Crippen molar-refractivity contribution in [2.45, 2.75) is 25.2 Å². The van der Waals surface area contributed by atoms with E-state index in [9.17, 15) is 8.42 Å². The predicted molar refractivity (Wildman–Crippen MR) is 57.9 cm³/mol. The van der Waals surface area contributed by atoms with Gasteiger partial charge in [0.1, 0.15) is 0 Å². The summed E-state index contributed by atoms with van der Waals surface area (Å²) in [6.45, 7) is 4.06. The van der Waals surface area contributed by atoms with Gasteiger partial charge in [-0.05, 0) is 24.5 Å². The molecular formula is C11H16O2S. The highest BCUT2D eigenvalue weighted by Crippen LogP contribution is 2.13. The summed E-state index contributed by atoms with van der Waals surface area (Å²) in [4.78, 5) is 0.431. The van der Waals surface area contributed by atoms with E-state index in [1.54, 1.807) is 24.3 Å². The first kappa shape index (κ1) is 11.2. The fourth-order valence-corrected chi connectivity index (χ4v) is 2.73. The smallest absolute Gasteiger partial charge is 0.178 e. The summed E-state index contributed by atoms with van der Waals surface area (Å²) in [5, 5.41) is 0. The Bertz CT molecular complexity index is 366. The van der Waals surface area contributed by atoms with Gasteiger partial charge in [0.2, 0.25) is 0 Å².